The molecule has 78 valence electrons. The third kappa shape index (κ3) is 1.37. The second-order valence-corrected chi connectivity index (χ2v) is 6.07. The summed E-state index contributed by atoms with van der Waals surface area (Å²) in [5, 5.41) is 0. The lowest BCUT2D eigenvalue weighted by Gasteiger charge is -2.36. The summed E-state index contributed by atoms with van der Waals surface area (Å²) in [6.45, 7) is 0. The maximum Gasteiger partial charge on any atom is 0.195 e. The van der Waals surface area contributed by atoms with E-state index in [-0.39, 0.29) is 0 Å². The molecular weight excluding hydrogens is 208 g/mol. The highest BCUT2D eigenvalue weighted by Crippen LogP contribution is 2.42. The van der Waals surface area contributed by atoms with Crippen LogP contribution in [0.4, 0.5) is 0 Å². The molecule has 15 heavy (non-hydrogen) atoms. The zero-order chi connectivity index (χ0) is 10.9. The predicted molar refractivity (Wildman–Crippen MR) is 59.0 cm³/mol. The lowest BCUT2D eigenvalue weighted by atomic mass is 9.85. The second-order valence-electron chi connectivity index (χ2n) is 3.81. The van der Waals surface area contributed by atoms with Crippen molar-refractivity contribution in [2.45, 2.75) is 28.9 Å². The van der Waals surface area contributed by atoms with Crippen LogP contribution in [0.3, 0.4) is 0 Å². The topological polar surface area (TPSA) is 34.1 Å². The summed E-state index contributed by atoms with van der Waals surface area (Å²) in [7, 11) is -3.35. The summed E-state index contributed by atoms with van der Waals surface area (Å²) in [5.74, 6) is 2.47. The standard InChI is InChI=1S/C12H12O2S/c1-2-12(9-6-10-12)15(13,14)11-7-4-3-5-8-11/h1,3-5,7-8H,6,9-10H2. The smallest absolute Gasteiger partial charge is 0.195 e. The maximum atomic E-state index is 12.2. The molecule has 1 saturated carbocycles. The molecule has 0 amide bonds. The van der Waals surface area contributed by atoms with Gasteiger partial charge in [-0.1, -0.05) is 24.1 Å². The molecule has 3 heteroatoms. The molecule has 2 nitrogen and oxygen atoms in total. The molecule has 0 aliphatic heterocycles. The van der Waals surface area contributed by atoms with Gasteiger partial charge in [-0.15, -0.1) is 6.42 Å². The van der Waals surface area contributed by atoms with Crippen molar-refractivity contribution in [2.24, 2.45) is 0 Å². The summed E-state index contributed by atoms with van der Waals surface area (Å²) in [6, 6.07) is 8.44. The van der Waals surface area contributed by atoms with Gasteiger partial charge in [0, 0.05) is 0 Å². The molecule has 0 saturated heterocycles. The molecule has 0 heterocycles. The Morgan fingerprint density at radius 2 is 1.80 bits per heavy atom. The van der Waals surface area contributed by atoms with E-state index in [0.717, 1.165) is 6.42 Å². The number of rotatable bonds is 2. The molecule has 2 rings (SSSR count). The van der Waals surface area contributed by atoms with Crippen LogP contribution in [0.2, 0.25) is 0 Å². The van der Waals surface area contributed by atoms with Gasteiger partial charge in [0.1, 0.15) is 4.75 Å². The van der Waals surface area contributed by atoms with Crippen LogP contribution in [0.5, 0.6) is 0 Å². The molecule has 0 atom stereocenters. The van der Waals surface area contributed by atoms with E-state index in [0.29, 0.717) is 17.7 Å². The minimum absolute atomic E-state index is 0.336. The number of hydrogen-bond acceptors (Lipinski definition) is 2. The average molecular weight is 220 g/mol. The van der Waals surface area contributed by atoms with Crippen molar-refractivity contribution in [3.63, 3.8) is 0 Å². The summed E-state index contributed by atoms with van der Waals surface area (Å²) in [6.07, 6.45) is 7.43. The molecule has 1 aromatic rings. The van der Waals surface area contributed by atoms with Crippen LogP contribution in [-0.4, -0.2) is 13.2 Å². The molecule has 0 spiro atoms. The molecule has 0 unspecified atom stereocenters. The van der Waals surface area contributed by atoms with E-state index in [1.807, 2.05) is 0 Å². The van der Waals surface area contributed by atoms with E-state index < -0.39 is 14.6 Å². The molecule has 0 N–H and O–H groups in total. The minimum Gasteiger partial charge on any atom is -0.222 e. The van der Waals surface area contributed by atoms with Crippen molar-refractivity contribution >= 4 is 9.84 Å². The highest BCUT2D eigenvalue weighted by atomic mass is 32.2. The normalized spacial score (nSPS) is 18.9. The van der Waals surface area contributed by atoms with Gasteiger partial charge < -0.3 is 0 Å². The summed E-state index contributed by atoms with van der Waals surface area (Å²) in [4.78, 5) is 0.336. The van der Waals surface area contributed by atoms with Gasteiger partial charge in [-0.2, -0.15) is 0 Å². The summed E-state index contributed by atoms with van der Waals surface area (Å²) in [5.41, 5.74) is 0. The van der Waals surface area contributed by atoms with Crippen LogP contribution in [-0.2, 0) is 9.84 Å². The molecule has 1 aromatic carbocycles. The van der Waals surface area contributed by atoms with E-state index in [2.05, 4.69) is 5.92 Å². The number of hydrogen-bond donors (Lipinski definition) is 0. The number of benzene rings is 1. The fourth-order valence-corrected chi connectivity index (χ4v) is 3.76. The molecule has 1 aliphatic carbocycles. The largest absolute Gasteiger partial charge is 0.222 e. The fourth-order valence-electron chi connectivity index (χ4n) is 1.81. The Bertz CT molecular complexity index is 490. The maximum absolute atomic E-state index is 12.2. The monoisotopic (exact) mass is 220 g/mol. The highest BCUT2D eigenvalue weighted by Gasteiger charge is 2.48. The quantitative estimate of drug-likeness (QED) is 0.714. The summed E-state index contributed by atoms with van der Waals surface area (Å²) >= 11 is 0. The van der Waals surface area contributed by atoms with Crippen molar-refractivity contribution in [1.29, 1.82) is 0 Å². The Kier molecular flexibility index (Phi) is 2.32. The van der Waals surface area contributed by atoms with Gasteiger partial charge in [0.05, 0.1) is 4.90 Å². The first-order valence-corrected chi connectivity index (χ1v) is 6.38. The third-order valence-electron chi connectivity index (χ3n) is 2.99. The van der Waals surface area contributed by atoms with Gasteiger partial charge in [0.25, 0.3) is 0 Å². The van der Waals surface area contributed by atoms with Crippen LogP contribution in [0.15, 0.2) is 35.2 Å². The molecule has 1 aliphatic rings. The highest BCUT2D eigenvalue weighted by molar-refractivity contribution is 7.93. The summed E-state index contributed by atoms with van der Waals surface area (Å²) < 4.78 is 23.5. The van der Waals surface area contributed by atoms with Crippen molar-refractivity contribution in [1.82, 2.24) is 0 Å². The fraction of sp³-hybridized carbons (Fsp3) is 0.333. The van der Waals surface area contributed by atoms with E-state index in [4.69, 9.17) is 6.42 Å². The van der Waals surface area contributed by atoms with Crippen molar-refractivity contribution in [3.8, 4) is 12.3 Å². The van der Waals surface area contributed by atoms with Crippen LogP contribution in [0.1, 0.15) is 19.3 Å². The van der Waals surface area contributed by atoms with Gasteiger partial charge in [0.15, 0.2) is 9.84 Å². The lowest BCUT2D eigenvalue weighted by Crippen LogP contribution is -2.43. The Hall–Kier alpha value is -1.27. The van der Waals surface area contributed by atoms with E-state index in [1.54, 1.807) is 30.3 Å². The SMILES string of the molecule is C#CC1(S(=O)(=O)c2ccccc2)CCC1. The van der Waals surface area contributed by atoms with Gasteiger partial charge >= 0.3 is 0 Å². The Morgan fingerprint density at radius 3 is 2.20 bits per heavy atom. The van der Waals surface area contributed by atoms with Crippen LogP contribution in [0, 0.1) is 12.3 Å². The van der Waals surface area contributed by atoms with Crippen LogP contribution < -0.4 is 0 Å². The molecule has 0 radical (unpaired) electrons. The Morgan fingerprint density at radius 1 is 1.20 bits per heavy atom. The number of sulfone groups is 1. The first-order chi connectivity index (χ1) is 7.12. The van der Waals surface area contributed by atoms with Crippen LogP contribution >= 0.6 is 0 Å². The first kappa shape index (κ1) is 10.3. The molecular formula is C12H12O2S. The van der Waals surface area contributed by atoms with Gasteiger partial charge in [-0.3, -0.25) is 0 Å². The third-order valence-corrected chi connectivity index (χ3v) is 5.44. The van der Waals surface area contributed by atoms with Gasteiger partial charge in [-0.05, 0) is 31.4 Å². The van der Waals surface area contributed by atoms with Crippen LogP contribution in [0.25, 0.3) is 0 Å². The van der Waals surface area contributed by atoms with Crippen molar-refractivity contribution in [2.75, 3.05) is 0 Å². The predicted octanol–water partition coefficient (Wildman–Crippen LogP) is 2.02. The van der Waals surface area contributed by atoms with Gasteiger partial charge in [0.2, 0.25) is 0 Å². The first-order valence-electron chi connectivity index (χ1n) is 4.90. The van der Waals surface area contributed by atoms with Crippen molar-refractivity contribution in [3.05, 3.63) is 30.3 Å². The Balaban J connectivity index is 2.50. The van der Waals surface area contributed by atoms with E-state index >= 15 is 0 Å². The number of terminal acetylenes is 1. The van der Waals surface area contributed by atoms with E-state index in [9.17, 15) is 8.42 Å². The molecule has 0 bridgehead atoms. The van der Waals surface area contributed by atoms with Crippen molar-refractivity contribution < 1.29 is 8.42 Å². The average Bonchev–Trinajstić information content (AvgIpc) is 2.18. The van der Waals surface area contributed by atoms with Gasteiger partial charge in [-0.25, -0.2) is 8.42 Å². The minimum atomic E-state index is -3.35. The molecule has 0 aromatic heterocycles. The molecule has 1 fully saturated rings. The lowest BCUT2D eigenvalue weighted by molar-refractivity contribution is 0.410. The van der Waals surface area contributed by atoms with E-state index in [1.165, 1.54) is 0 Å². The Labute approximate surface area is 90.2 Å². The zero-order valence-electron chi connectivity index (χ0n) is 8.31. The zero-order valence-corrected chi connectivity index (χ0v) is 9.13. The second kappa shape index (κ2) is 3.39.